The molecule has 1 aromatic carbocycles. The van der Waals surface area contributed by atoms with Crippen LogP contribution in [0, 0.1) is 0 Å². The van der Waals surface area contributed by atoms with Gasteiger partial charge in [-0.1, -0.05) is 52.2 Å². The number of nitrogens with zero attached hydrogens (tertiary/aromatic N) is 1. The second-order valence-electron chi connectivity index (χ2n) is 5.69. The van der Waals surface area contributed by atoms with Crippen molar-refractivity contribution < 1.29 is 17.9 Å². The van der Waals surface area contributed by atoms with Crippen molar-refractivity contribution in [2.75, 3.05) is 13.7 Å². The lowest BCUT2D eigenvalue weighted by Crippen LogP contribution is -2.32. The second-order valence-corrected chi connectivity index (χ2v) is 6.91. The van der Waals surface area contributed by atoms with Crippen molar-refractivity contribution in [1.29, 1.82) is 0 Å². The van der Waals surface area contributed by atoms with Gasteiger partial charge in [-0.25, -0.2) is 13.3 Å². The normalized spacial score (nSPS) is 12.2. The highest BCUT2D eigenvalue weighted by Crippen LogP contribution is 2.20. The first-order chi connectivity index (χ1) is 11.0. The molecule has 0 heterocycles. The molecule has 1 rings (SSSR count). The molecule has 1 amide bonds. The van der Waals surface area contributed by atoms with Crippen molar-refractivity contribution in [2.45, 2.75) is 52.4 Å². The van der Waals surface area contributed by atoms with Crippen LogP contribution in [0.3, 0.4) is 0 Å². The molecule has 1 atom stereocenters. The zero-order valence-electron chi connectivity index (χ0n) is 14.4. The molecule has 0 N–H and O–H groups in total. The molecule has 6 heteroatoms. The molecule has 1 unspecified atom stereocenters. The van der Waals surface area contributed by atoms with E-state index in [9.17, 15) is 9.00 Å². The van der Waals surface area contributed by atoms with Crippen LogP contribution in [-0.2, 0) is 15.4 Å². The predicted molar refractivity (Wildman–Crippen MR) is 92.6 cm³/mol. The number of unbranched alkanes of at least 4 members (excludes halogenated alkanes) is 3. The van der Waals surface area contributed by atoms with Gasteiger partial charge in [-0.05, 0) is 30.0 Å². The quantitative estimate of drug-likeness (QED) is 0.624. The van der Waals surface area contributed by atoms with E-state index in [4.69, 9.17) is 8.92 Å². The molecular formula is C17H27NO4S. The molecule has 23 heavy (non-hydrogen) atoms. The molecular weight excluding hydrogens is 314 g/mol. The number of benzene rings is 1. The standard InChI is InChI=1S/C17H27NO4S/c1-5-6-7-8-12-21-23(20)18(4)17(19)22-16-11-9-10-15(13-16)14(2)3/h9-11,13-14H,5-8,12H2,1-4H3. The minimum Gasteiger partial charge on any atom is -0.409 e. The van der Waals surface area contributed by atoms with Crippen molar-refractivity contribution in [3.8, 4) is 5.75 Å². The number of hydrogen-bond donors (Lipinski definition) is 0. The summed E-state index contributed by atoms with van der Waals surface area (Å²) >= 11 is -1.83. The predicted octanol–water partition coefficient (Wildman–Crippen LogP) is 4.42. The van der Waals surface area contributed by atoms with Gasteiger partial charge < -0.3 is 4.74 Å². The summed E-state index contributed by atoms with van der Waals surface area (Å²) in [7, 11) is 1.40. The fourth-order valence-corrected chi connectivity index (χ4v) is 2.48. The van der Waals surface area contributed by atoms with E-state index in [1.165, 1.54) is 7.05 Å². The van der Waals surface area contributed by atoms with Gasteiger partial charge in [0.15, 0.2) is 0 Å². The third-order valence-electron chi connectivity index (χ3n) is 3.39. The SMILES string of the molecule is CCCCCCOS(=O)N(C)C(=O)Oc1cccc(C(C)C)c1. The molecule has 130 valence electrons. The van der Waals surface area contributed by atoms with Crippen molar-refractivity contribution in [3.63, 3.8) is 0 Å². The maximum absolute atomic E-state index is 12.0. The van der Waals surface area contributed by atoms with Crippen LogP contribution in [0.2, 0.25) is 0 Å². The monoisotopic (exact) mass is 341 g/mol. The average Bonchev–Trinajstić information content (AvgIpc) is 2.53. The number of ether oxygens (including phenoxy) is 1. The van der Waals surface area contributed by atoms with Crippen LogP contribution >= 0.6 is 0 Å². The van der Waals surface area contributed by atoms with Gasteiger partial charge in [0.25, 0.3) is 11.3 Å². The molecule has 0 saturated carbocycles. The highest BCUT2D eigenvalue weighted by atomic mass is 32.2. The topological polar surface area (TPSA) is 55.8 Å². The van der Waals surface area contributed by atoms with Crippen LogP contribution in [0.25, 0.3) is 0 Å². The van der Waals surface area contributed by atoms with E-state index in [1.807, 2.05) is 18.2 Å². The Balaban J connectivity index is 2.46. The maximum Gasteiger partial charge on any atom is 0.428 e. The Morgan fingerprint density at radius 1 is 1.26 bits per heavy atom. The van der Waals surface area contributed by atoms with Crippen LogP contribution in [-0.4, -0.2) is 28.3 Å². The molecule has 0 saturated heterocycles. The van der Waals surface area contributed by atoms with Crippen molar-refractivity contribution >= 4 is 17.4 Å². The summed E-state index contributed by atoms with van der Waals surface area (Å²) in [5.41, 5.74) is 1.08. The van der Waals surface area contributed by atoms with E-state index in [0.29, 0.717) is 18.3 Å². The number of amides is 1. The van der Waals surface area contributed by atoms with Gasteiger partial charge >= 0.3 is 6.09 Å². The summed E-state index contributed by atoms with van der Waals surface area (Å²) < 4.78 is 23.3. The second kappa shape index (κ2) is 10.4. The molecule has 1 aromatic rings. The lowest BCUT2D eigenvalue weighted by Gasteiger charge is -2.15. The Morgan fingerprint density at radius 3 is 2.65 bits per heavy atom. The number of rotatable bonds is 9. The minimum absolute atomic E-state index is 0.340. The third kappa shape index (κ3) is 7.14. The summed E-state index contributed by atoms with van der Waals surface area (Å²) in [5.74, 6) is 0.778. The average molecular weight is 341 g/mol. The lowest BCUT2D eigenvalue weighted by atomic mass is 10.0. The van der Waals surface area contributed by atoms with E-state index >= 15 is 0 Å². The largest absolute Gasteiger partial charge is 0.428 e. The van der Waals surface area contributed by atoms with Crippen LogP contribution in [0.4, 0.5) is 4.79 Å². The molecule has 5 nitrogen and oxygen atoms in total. The zero-order chi connectivity index (χ0) is 17.2. The number of carbonyl (C=O) groups is 1. The molecule has 0 bridgehead atoms. The van der Waals surface area contributed by atoms with E-state index in [2.05, 4.69) is 20.8 Å². The summed E-state index contributed by atoms with van der Waals surface area (Å²) in [5, 5.41) is 0. The Morgan fingerprint density at radius 2 is 2.00 bits per heavy atom. The van der Waals surface area contributed by atoms with E-state index < -0.39 is 17.4 Å². The molecule has 0 aliphatic carbocycles. The van der Waals surface area contributed by atoms with Crippen LogP contribution < -0.4 is 4.74 Å². The summed E-state index contributed by atoms with van der Waals surface area (Å²) in [6, 6.07) is 7.32. The Bertz CT molecular complexity index is 519. The van der Waals surface area contributed by atoms with E-state index in [-0.39, 0.29) is 0 Å². The van der Waals surface area contributed by atoms with E-state index in [1.54, 1.807) is 6.07 Å². The fourth-order valence-electron chi connectivity index (χ4n) is 1.90. The molecule has 0 radical (unpaired) electrons. The van der Waals surface area contributed by atoms with E-state index in [0.717, 1.165) is 35.6 Å². The smallest absolute Gasteiger partial charge is 0.409 e. The van der Waals surface area contributed by atoms with Crippen LogP contribution in [0.1, 0.15) is 57.9 Å². The van der Waals surface area contributed by atoms with Gasteiger partial charge in [-0.3, -0.25) is 4.18 Å². The van der Waals surface area contributed by atoms with Gasteiger partial charge in [0.05, 0.1) is 6.61 Å². The first-order valence-electron chi connectivity index (χ1n) is 8.06. The zero-order valence-corrected chi connectivity index (χ0v) is 15.2. The van der Waals surface area contributed by atoms with Gasteiger partial charge in [-0.15, -0.1) is 0 Å². The van der Waals surface area contributed by atoms with Gasteiger partial charge in [0.2, 0.25) is 0 Å². The molecule has 0 fully saturated rings. The van der Waals surface area contributed by atoms with Gasteiger partial charge in [-0.2, -0.15) is 0 Å². The molecule has 0 aromatic heterocycles. The highest BCUT2D eigenvalue weighted by molar-refractivity contribution is 7.78. The summed E-state index contributed by atoms with van der Waals surface area (Å²) in [6.45, 7) is 6.62. The first-order valence-corrected chi connectivity index (χ1v) is 9.09. The highest BCUT2D eigenvalue weighted by Gasteiger charge is 2.18. The van der Waals surface area contributed by atoms with Gasteiger partial charge in [0.1, 0.15) is 5.75 Å². The molecule has 0 spiro atoms. The Hall–Kier alpha value is -1.40. The number of carbonyl (C=O) groups excluding carboxylic acids is 1. The van der Waals surface area contributed by atoms with Crippen LogP contribution in [0.5, 0.6) is 5.75 Å². The third-order valence-corrected chi connectivity index (χ3v) is 4.36. The Labute approximate surface area is 141 Å². The fraction of sp³-hybridized carbons (Fsp3) is 0.588. The maximum atomic E-state index is 12.0. The first kappa shape index (κ1) is 19.6. The Kier molecular flexibility index (Phi) is 8.87. The molecule has 0 aliphatic rings. The number of hydrogen-bond acceptors (Lipinski definition) is 4. The van der Waals surface area contributed by atoms with Crippen molar-refractivity contribution in [2.24, 2.45) is 0 Å². The minimum atomic E-state index is -1.83. The van der Waals surface area contributed by atoms with Crippen molar-refractivity contribution in [3.05, 3.63) is 29.8 Å². The van der Waals surface area contributed by atoms with Crippen LogP contribution in [0.15, 0.2) is 24.3 Å². The summed E-state index contributed by atoms with van der Waals surface area (Å²) in [6.07, 6.45) is 3.42. The van der Waals surface area contributed by atoms with Gasteiger partial charge in [0, 0.05) is 7.05 Å². The lowest BCUT2D eigenvalue weighted by molar-refractivity contribution is 0.181. The summed E-state index contributed by atoms with van der Waals surface area (Å²) in [4.78, 5) is 12.0. The molecule has 0 aliphatic heterocycles. The van der Waals surface area contributed by atoms with Crippen molar-refractivity contribution in [1.82, 2.24) is 4.31 Å².